The molecule has 0 saturated heterocycles. The number of hydrogen-bond donors (Lipinski definition) is 0. The Kier molecular flexibility index (Phi) is 8.28. The van der Waals surface area contributed by atoms with Gasteiger partial charge in [-0.3, -0.25) is 0 Å². The molecule has 0 radical (unpaired) electrons. The second-order valence-corrected chi connectivity index (χ2v) is 7.13. The van der Waals surface area contributed by atoms with Crippen LogP contribution in [0.3, 0.4) is 0 Å². The summed E-state index contributed by atoms with van der Waals surface area (Å²) in [6.07, 6.45) is 3.71. The monoisotopic (exact) mass is 350 g/mol. The van der Waals surface area contributed by atoms with Crippen LogP contribution < -0.4 is 0 Å². The molecule has 23 heavy (non-hydrogen) atoms. The summed E-state index contributed by atoms with van der Waals surface area (Å²) in [5.74, 6) is 0. The smallest absolute Gasteiger partial charge is 0.0810 e. The minimum atomic E-state index is 0.586. The van der Waals surface area contributed by atoms with E-state index in [2.05, 4.69) is 37.4 Å². The Morgan fingerprint density at radius 3 is 1.52 bits per heavy atom. The van der Waals surface area contributed by atoms with Gasteiger partial charge in [0.1, 0.15) is 0 Å². The van der Waals surface area contributed by atoms with Crippen molar-refractivity contribution in [1.82, 2.24) is 0 Å². The van der Waals surface area contributed by atoms with E-state index in [1.807, 2.05) is 12.2 Å². The van der Waals surface area contributed by atoms with Crippen LogP contribution in [0.2, 0.25) is 0 Å². The standard InChI is InChI=1S/C18H22O3S2/c1-3-15-5-7-17(22-15)13-20-11-9-19-10-12-21-14-18-8-6-16(4-2)23-18/h3-8H,1-2,9-14H2. The maximum absolute atomic E-state index is 5.57. The van der Waals surface area contributed by atoms with Gasteiger partial charge in [0.25, 0.3) is 0 Å². The molecule has 0 saturated carbocycles. The molecule has 2 aromatic rings. The third-order valence-corrected chi connectivity index (χ3v) is 5.11. The molecule has 5 heteroatoms. The molecule has 0 fully saturated rings. The summed E-state index contributed by atoms with van der Waals surface area (Å²) in [4.78, 5) is 4.75. The molecule has 0 atom stereocenters. The van der Waals surface area contributed by atoms with Crippen LogP contribution in [0.1, 0.15) is 19.5 Å². The van der Waals surface area contributed by atoms with Crippen molar-refractivity contribution in [3.8, 4) is 0 Å². The lowest BCUT2D eigenvalue weighted by molar-refractivity contribution is 0.00790. The van der Waals surface area contributed by atoms with E-state index in [9.17, 15) is 0 Å². The van der Waals surface area contributed by atoms with Crippen LogP contribution in [0.5, 0.6) is 0 Å². The second kappa shape index (κ2) is 10.5. The molecule has 0 unspecified atom stereocenters. The summed E-state index contributed by atoms with van der Waals surface area (Å²) in [7, 11) is 0. The van der Waals surface area contributed by atoms with Crippen LogP contribution in [-0.2, 0) is 27.4 Å². The Labute approximate surface area is 145 Å². The lowest BCUT2D eigenvalue weighted by atomic mass is 10.4. The Hall–Kier alpha value is -1.24. The summed E-state index contributed by atoms with van der Waals surface area (Å²) in [5.41, 5.74) is 0. The molecule has 3 nitrogen and oxygen atoms in total. The average molecular weight is 351 g/mol. The minimum absolute atomic E-state index is 0.586. The fourth-order valence-corrected chi connectivity index (χ4v) is 3.45. The largest absolute Gasteiger partial charge is 0.377 e. The number of rotatable bonds is 12. The van der Waals surface area contributed by atoms with Gasteiger partial charge >= 0.3 is 0 Å². The quantitative estimate of drug-likeness (QED) is 0.512. The molecule has 2 rings (SSSR count). The fourth-order valence-electron chi connectivity index (χ4n) is 1.85. The van der Waals surface area contributed by atoms with Gasteiger partial charge in [0.2, 0.25) is 0 Å². The van der Waals surface area contributed by atoms with Crippen LogP contribution in [0.4, 0.5) is 0 Å². The predicted octanol–water partition coefficient (Wildman–Crippen LogP) is 4.85. The van der Waals surface area contributed by atoms with Crippen molar-refractivity contribution in [2.45, 2.75) is 13.2 Å². The molecular weight excluding hydrogens is 328 g/mol. The van der Waals surface area contributed by atoms with Gasteiger partial charge in [0.05, 0.1) is 39.6 Å². The first-order valence-corrected chi connectivity index (χ1v) is 9.10. The molecule has 2 heterocycles. The van der Waals surface area contributed by atoms with Crippen molar-refractivity contribution < 1.29 is 14.2 Å². The summed E-state index contributed by atoms with van der Waals surface area (Å²) >= 11 is 3.40. The molecule has 0 bridgehead atoms. The minimum Gasteiger partial charge on any atom is -0.377 e. The molecule has 2 aromatic heterocycles. The first-order valence-electron chi connectivity index (χ1n) is 7.47. The van der Waals surface area contributed by atoms with Gasteiger partial charge in [-0.05, 0) is 24.3 Å². The Balaban J connectivity index is 1.43. The van der Waals surface area contributed by atoms with Crippen molar-refractivity contribution in [1.29, 1.82) is 0 Å². The van der Waals surface area contributed by atoms with Crippen molar-refractivity contribution in [3.05, 3.63) is 56.9 Å². The van der Waals surface area contributed by atoms with Gasteiger partial charge in [-0.2, -0.15) is 0 Å². The highest BCUT2D eigenvalue weighted by Crippen LogP contribution is 2.18. The first-order chi connectivity index (χ1) is 11.3. The lowest BCUT2D eigenvalue weighted by Crippen LogP contribution is -2.09. The maximum atomic E-state index is 5.57. The highest BCUT2D eigenvalue weighted by atomic mass is 32.1. The first kappa shape index (κ1) is 18.1. The maximum Gasteiger partial charge on any atom is 0.0810 e. The SMILES string of the molecule is C=Cc1ccc(COCCOCCOCc2ccc(C=C)s2)s1. The number of ether oxygens (including phenoxy) is 3. The molecular formula is C18H22O3S2. The summed E-state index contributed by atoms with van der Waals surface area (Å²) < 4.78 is 16.6. The molecule has 0 aliphatic heterocycles. The summed E-state index contributed by atoms with van der Waals surface area (Å²) in [6, 6.07) is 8.24. The predicted molar refractivity (Wildman–Crippen MR) is 99.0 cm³/mol. The van der Waals surface area contributed by atoms with Crippen LogP contribution in [-0.4, -0.2) is 26.4 Å². The topological polar surface area (TPSA) is 27.7 Å². The van der Waals surface area contributed by atoms with Crippen molar-refractivity contribution in [2.75, 3.05) is 26.4 Å². The zero-order valence-electron chi connectivity index (χ0n) is 13.2. The second-order valence-electron chi connectivity index (χ2n) is 4.73. The third kappa shape index (κ3) is 6.81. The lowest BCUT2D eigenvalue weighted by Gasteiger charge is -2.05. The highest BCUT2D eigenvalue weighted by molar-refractivity contribution is 7.13. The van der Waals surface area contributed by atoms with E-state index < -0.39 is 0 Å². The van der Waals surface area contributed by atoms with Crippen LogP contribution in [0.15, 0.2) is 37.4 Å². The van der Waals surface area contributed by atoms with E-state index in [4.69, 9.17) is 14.2 Å². The van der Waals surface area contributed by atoms with E-state index in [1.165, 1.54) is 19.5 Å². The number of hydrogen-bond acceptors (Lipinski definition) is 5. The van der Waals surface area contributed by atoms with E-state index in [0.29, 0.717) is 39.6 Å². The van der Waals surface area contributed by atoms with Crippen molar-refractivity contribution in [3.63, 3.8) is 0 Å². The van der Waals surface area contributed by atoms with Gasteiger partial charge in [0, 0.05) is 19.5 Å². The molecule has 0 spiro atoms. The third-order valence-electron chi connectivity index (χ3n) is 3.00. The van der Waals surface area contributed by atoms with E-state index in [0.717, 1.165) is 0 Å². The van der Waals surface area contributed by atoms with Gasteiger partial charge in [0.15, 0.2) is 0 Å². The molecule has 124 valence electrons. The van der Waals surface area contributed by atoms with Gasteiger partial charge in [-0.1, -0.05) is 25.3 Å². The van der Waals surface area contributed by atoms with Gasteiger partial charge in [-0.15, -0.1) is 22.7 Å². The molecule has 0 aliphatic carbocycles. The van der Waals surface area contributed by atoms with Crippen LogP contribution in [0.25, 0.3) is 12.2 Å². The number of thiophene rings is 2. The highest BCUT2D eigenvalue weighted by Gasteiger charge is 1.99. The van der Waals surface area contributed by atoms with Crippen molar-refractivity contribution in [2.24, 2.45) is 0 Å². The van der Waals surface area contributed by atoms with Crippen LogP contribution >= 0.6 is 22.7 Å². The zero-order valence-corrected chi connectivity index (χ0v) is 14.8. The summed E-state index contributed by atoms with van der Waals surface area (Å²) in [6.45, 7) is 11.1. The average Bonchev–Trinajstić information content (AvgIpc) is 3.22. The van der Waals surface area contributed by atoms with Crippen LogP contribution in [0, 0.1) is 0 Å². The molecule has 0 amide bonds. The Morgan fingerprint density at radius 2 is 1.13 bits per heavy atom. The molecule has 0 aromatic carbocycles. The van der Waals surface area contributed by atoms with E-state index in [-0.39, 0.29) is 0 Å². The Bertz CT molecular complexity index is 549. The van der Waals surface area contributed by atoms with E-state index in [1.54, 1.807) is 22.7 Å². The Morgan fingerprint density at radius 1 is 0.696 bits per heavy atom. The normalized spacial score (nSPS) is 10.8. The molecule has 0 aliphatic rings. The molecule has 0 N–H and O–H groups in total. The van der Waals surface area contributed by atoms with Crippen molar-refractivity contribution >= 4 is 34.8 Å². The fraction of sp³-hybridized carbons (Fsp3) is 0.333. The zero-order chi connectivity index (χ0) is 16.3. The van der Waals surface area contributed by atoms with Gasteiger partial charge < -0.3 is 14.2 Å². The summed E-state index contributed by atoms with van der Waals surface area (Å²) in [5, 5.41) is 0. The van der Waals surface area contributed by atoms with E-state index >= 15 is 0 Å². The van der Waals surface area contributed by atoms with Gasteiger partial charge in [-0.25, -0.2) is 0 Å².